The molecule has 1 aromatic carbocycles. The molecule has 1 heterocycles. The topological polar surface area (TPSA) is 109 Å². The Morgan fingerprint density at radius 3 is 2.78 bits per heavy atom. The van der Waals surface area contributed by atoms with Gasteiger partial charge in [0, 0.05) is 18.5 Å². The van der Waals surface area contributed by atoms with Crippen LogP contribution in [0.5, 0.6) is 0 Å². The molecule has 0 fully saturated rings. The van der Waals surface area contributed by atoms with Crippen LogP contribution in [0.1, 0.15) is 11.3 Å². The van der Waals surface area contributed by atoms with Crippen molar-refractivity contribution in [2.45, 2.75) is 13.2 Å². The van der Waals surface area contributed by atoms with Crippen LogP contribution < -0.4 is 15.4 Å². The van der Waals surface area contributed by atoms with Gasteiger partial charge >= 0.3 is 6.03 Å². The SMILES string of the molecule is CS(=O)(=O)NCCOCc1csc(NC(=O)NCc2ccc(Cl)c(Cl)c2)n1. The zero-order chi connectivity index (χ0) is 19.9. The molecule has 2 rings (SSSR count). The minimum absolute atomic E-state index is 0.186. The Morgan fingerprint density at radius 1 is 1.30 bits per heavy atom. The minimum Gasteiger partial charge on any atom is -0.374 e. The van der Waals surface area contributed by atoms with Crippen LogP contribution in [0.2, 0.25) is 10.0 Å². The zero-order valence-electron chi connectivity index (χ0n) is 14.3. The Balaban J connectivity index is 1.71. The molecule has 0 spiro atoms. The summed E-state index contributed by atoms with van der Waals surface area (Å²) in [5, 5.41) is 8.38. The Morgan fingerprint density at radius 2 is 2.07 bits per heavy atom. The Kier molecular flexibility index (Phi) is 8.27. The minimum atomic E-state index is -3.22. The van der Waals surface area contributed by atoms with E-state index >= 15 is 0 Å². The van der Waals surface area contributed by atoms with Gasteiger partial charge in [-0.2, -0.15) is 0 Å². The fourth-order valence-electron chi connectivity index (χ4n) is 1.88. The lowest BCUT2D eigenvalue weighted by Gasteiger charge is -2.06. The Labute approximate surface area is 171 Å². The average Bonchev–Trinajstić information content (AvgIpc) is 3.02. The van der Waals surface area contributed by atoms with E-state index in [-0.39, 0.29) is 26.3 Å². The Hall–Kier alpha value is -1.43. The van der Waals surface area contributed by atoms with Crippen LogP contribution in [0.15, 0.2) is 23.6 Å². The molecule has 12 heteroatoms. The van der Waals surface area contributed by atoms with Crippen LogP contribution in [-0.4, -0.2) is 38.8 Å². The molecule has 0 aliphatic carbocycles. The third kappa shape index (κ3) is 8.41. The van der Waals surface area contributed by atoms with Crippen LogP contribution in [0.3, 0.4) is 0 Å². The van der Waals surface area contributed by atoms with Gasteiger partial charge in [-0.3, -0.25) is 5.32 Å². The van der Waals surface area contributed by atoms with Gasteiger partial charge in [-0.15, -0.1) is 11.3 Å². The van der Waals surface area contributed by atoms with Crippen molar-refractivity contribution in [2.75, 3.05) is 24.7 Å². The second-order valence-electron chi connectivity index (χ2n) is 5.42. The fourth-order valence-corrected chi connectivity index (χ4v) is 3.34. The molecule has 27 heavy (non-hydrogen) atoms. The number of nitrogens with one attached hydrogen (secondary N) is 3. The van der Waals surface area contributed by atoms with Gasteiger partial charge in [0.1, 0.15) is 0 Å². The normalized spacial score (nSPS) is 11.4. The van der Waals surface area contributed by atoms with Gasteiger partial charge in [0.15, 0.2) is 5.13 Å². The number of nitrogens with zero attached hydrogens (tertiary/aromatic N) is 1. The van der Waals surface area contributed by atoms with Gasteiger partial charge in [-0.05, 0) is 17.7 Å². The highest BCUT2D eigenvalue weighted by molar-refractivity contribution is 7.88. The van der Waals surface area contributed by atoms with Crippen LogP contribution in [0.4, 0.5) is 9.93 Å². The second-order valence-corrected chi connectivity index (χ2v) is 8.92. The van der Waals surface area contributed by atoms with Crippen LogP contribution in [0, 0.1) is 0 Å². The summed E-state index contributed by atoms with van der Waals surface area (Å²) < 4.78 is 29.5. The summed E-state index contributed by atoms with van der Waals surface area (Å²) in [6, 6.07) is 4.71. The highest BCUT2D eigenvalue weighted by Crippen LogP contribution is 2.22. The van der Waals surface area contributed by atoms with Crippen molar-refractivity contribution in [2.24, 2.45) is 0 Å². The first kappa shape index (κ1) is 21.9. The summed E-state index contributed by atoms with van der Waals surface area (Å²) >= 11 is 13.0. The van der Waals surface area contributed by atoms with Crippen LogP contribution >= 0.6 is 34.5 Å². The maximum absolute atomic E-state index is 11.9. The number of ether oxygens (including phenoxy) is 1. The van der Waals surface area contributed by atoms with Crippen molar-refractivity contribution < 1.29 is 17.9 Å². The number of urea groups is 1. The van der Waals surface area contributed by atoms with Gasteiger partial charge in [-0.1, -0.05) is 29.3 Å². The zero-order valence-corrected chi connectivity index (χ0v) is 17.4. The first-order valence-corrected chi connectivity index (χ1v) is 11.2. The van der Waals surface area contributed by atoms with E-state index in [4.69, 9.17) is 27.9 Å². The molecule has 0 aliphatic heterocycles. The molecule has 8 nitrogen and oxygen atoms in total. The number of aromatic nitrogens is 1. The maximum atomic E-state index is 11.9. The van der Waals surface area contributed by atoms with Crippen molar-refractivity contribution in [1.29, 1.82) is 0 Å². The largest absolute Gasteiger partial charge is 0.374 e. The summed E-state index contributed by atoms with van der Waals surface area (Å²) in [7, 11) is -3.22. The molecule has 0 aliphatic rings. The molecule has 0 atom stereocenters. The van der Waals surface area contributed by atoms with E-state index in [0.29, 0.717) is 20.9 Å². The molecule has 0 bridgehead atoms. The molecule has 0 radical (unpaired) electrons. The van der Waals surface area contributed by atoms with Crippen LogP contribution in [-0.2, 0) is 27.9 Å². The average molecular weight is 453 g/mol. The lowest BCUT2D eigenvalue weighted by Crippen LogP contribution is -2.28. The monoisotopic (exact) mass is 452 g/mol. The molecule has 148 valence electrons. The molecule has 0 saturated carbocycles. The summed E-state index contributed by atoms with van der Waals surface area (Å²) in [5.41, 5.74) is 1.45. The van der Waals surface area contributed by atoms with Crippen molar-refractivity contribution in [1.82, 2.24) is 15.0 Å². The molecule has 2 amide bonds. The van der Waals surface area contributed by atoms with Crippen molar-refractivity contribution in [3.63, 3.8) is 0 Å². The third-order valence-corrected chi connectivity index (χ3v) is 5.34. The maximum Gasteiger partial charge on any atom is 0.321 e. The van der Waals surface area contributed by atoms with E-state index in [9.17, 15) is 13.2 Å². The molecule has 0 unspecified atom stereocenters. The molecule has 0 saturated heterocycles. The van der Waals surface area contributed by atoms with Crippen molar-refractivity contribution >= 4 is 55.7 Å². The lowest BCUT2D eigenvalue weighted by molar-refractivity contribution is 0.124. The number of hydrogen-bond donors (Lipinski definition) is 3. The van der Waals surface area contributed by atoms with E-state index in [2.05, 4.69) is 20.3 Å². The number of sulfonamides is 1. The number of carbonyl (C=O) groups is 1. The van der Waals surface area contributed by atoms with Crippen LogP contribution in [0.25, 0.3) is 0 Å². The first-order chi connectivity index (χ1) is 12.7. The standard InChI is InChI=1S/C15H18Cl2N4O4S2/c1-27(23,24)19-4-5-25-8-11-9-26-15(20-11)21-14(22)18-7-10-2-3-12(16)13(17)6-10/h2-3,6,9,19H,4-5,7-8H2,1H3,(H2,18,20,21,22). The van der Waals surface area contributed by atoms with E-state index in [1.807, 2.05) is 0 Å². The predicted molar refractivity (Wildman–Crippen MR) is 107 cm³/mol. The van der Waals surface area contributed by atoms with Crippen molar-refractivity contribution in [3.8, 4) is 0 Å². The second kappa shape index (κ2) is 10.2. The number of carbonyl (C=O) groups excluding carboxylic acids is 1. The number of hydrogen-bond acceptors (Lipinski definition) is 6. The Bertz CT molecular complexity index is 890. The molecule has 2 aromatic rings. The molecule has 1 aromatic heterocycles. The summed E-state index contributed by atoms with van der Waals surface area (Å²) in [4.78, 5) is 16.2. The predicted octanol–water partition coefficient (Wildman–Crippen LogP) is 2.84. The van der Waals surface area contributed by atoms with Gasteiger partial charge in [-0.25, -0.2) is 22.9 Å². The van der Waals surface area contributed by atoms with Crippen molar-refractivity contribution in [3.05, 3.63) is 44.9 Å². The van der Waals surface area contributed by atoms with E-state index in [0.717, 1.165) is 11.8 Å². The summed E-state index contributed by atoms with van der Waals surface area (Å²) in [6.07, 6.45) is 1.08. The highest BCUT2D eigenvalue weighted by atomic mass is 35.5. The van der Waals surface area contributed by atoms with E-state index in [1.54, 1.807) is 23.6 Å². The summed E-state index contributed by atoms with van der Waals surface area (Å²) in [6.45, 7) is 0.911. The third-order valence-electron chi connectivity index (χ3n) is 3.07. The smallest absolute Gasteiger partial charge is 0.321 e. The number of thiazole rings is 1. The first-order valence-electron chi connectivity index (χ1n) is 7.68. The summed E-state index contributed by atoms with van der Waals surface area (Å²) in [5.74, 6) is 0. The van der Waals surface area contributed by atoms with E-state index < -0.39 is 16.1 Å². The quantitative estimate of drug-likeness (QED) is 0.506. The number of amides is 2. The van der Waals surface area contributed by atoms with Gasteiger partial charge in [0.25, 0.3) is 0 Å². The molecular weight excluding hydrogens is 435 g/mol. The van der Waals surface area contributed by atoms with Gasteiger partial charge in [0.05, 0.1) is 35.2 Å². The fraction of sp³-hybridized carbons (Fsp3) is 0.333. The number of benzene rings is 1. The molecule has 3 N–H and O–H groups in total. The highest BCUT2D eigenvalue weighted by Gasteiger charge is 2.08. The number of halogens is 2. The lowest BCUT2D eigenvalue weighted by atomic mass is 10.2. The van der Waals surface area contributed by atoms with E-state index in [1.165, 1.54) is 11.3 Å². The van der Waals surface area contributed by atoms with Gasteiger partial charge in [0.2, 0.25) is 10.0 Å². The number of anilines is 1. The number of rotatable bonds is 9. The molecular formula is C15H18Cl2N4O4S2. The van der Waals surface area contributed by atoms with Gasteiger partial charge < -0.3 is 10.1 Å².